The molecule has 2 aromatic carbocycles. The van der Waals surface area contributed by atoms with Crippen LogP contribution in [0.5, 0.6) is 5.75 Å². The van der Waals surface area contributed by atoms with Crippen molar-refractivity contribution in [3.8, 4) is 17.2 Å². The highest BCUT2D eigenvalue weighted by molar-refractivity contribution is 9.10. The zero-order valence-electron chi connectivity index (χ0n) is 15.7. The number of esters is 1. The summed E-state index contributed by atoms with van der Waals surface area (Å²) in [5.74, 6) is 0.745. The molecule has 0 aliphatic carbocycles. The molecule has 7 heteroatoms. The molecule has 6 nitrogen and oxygen atoms in total. The van der Waals surface area contributed by atoms with Crippen LogP contribution in [0.3, 0.4) is 0 Å². The monoisotopic (exact) mass is 442 g/mol. The van der Waals surface area contributed by atoms with E-state index in [4.69, 9.17) is 13.9 Å². The molecule has 0 fully saturated rings. The Morgan fingerprint density at radius 2 is 1.93 bits per heavy atom. The van der Waals surface area contributed by atoms with Gasteiger partial charge in [-0.2, -0.15) is 0 Å². The predicted octanol–water partition coefficient (Wildman–Crippen LogP) is 5.13. The highest BCUT2D eigenvalue weighted by atomic mass is 79.9. The minimum absolute atomic E-state index is 0.234. The topological polar surface area (TPSA) is 74.5 Å². The van der Waals surface area contributed by atoms with Crippen LogP contribution in [0.1, 0.15) is 30.0 Å². The molecule has 0 saturated heterocycles. The van der Waals surface area contributed by atoms with E-state index in [0.717, 1.165) is 21.2 Å². The molecule has 1 unspecified atom stereocenters. The third-order valence-electron chi connectivity index (χ3n) is 3.97. The second-order valence-corrected chi connectivity index (χ2v) is 7.03. The van der Waals surface area contributed by atoms with Crippen molar-refractivity contribution >= 4 is 28.0 Å². The van der Waals surface area contributed by atoms with Crippen molar-refractivity contribution in [2.24, 2.45) is 0 Å². The summed E-state index contributed by atoms with van der Waals surface area (Å²) in [4.78, 5) is 12.1. The van der Waals surface area contributed by atoms with E-state index in [1.165, 1.54) is 6.08 Å². The summed E-state index contributed by atoms with van der Waals surface area (Å²) in [7, 11) is 1.57. The predicted molar refractivity (Wildman–Crippen MR) is 109 cm³/mol. The number of methoxy groups -OCH3 is 1. The minimum Gasteiger partial charge on any atom is -0.496 e. The lowest BCUT2D eigenvalue weighted by Crippen LogP contribution is -2.06. The van der Waals surface area contributed by atoms with Crippen LogP contribution in [-0.4, -0.2) is 23.3 Å². The maximum Gasteiger partial charge on any atom is 0.331 e. The van der Waals surface area contributed by atoms with Crippen molar-refractivity contribution in [3.63, 3.8) is 0 Å². The first-order chi connectivity index (χ1) is 13.5. The first-order valence-electron chi connectivity index (χ1n) is 8.59. The standard InChI is InChI=1S/C21H19BrN2O4/c1-13-4-6-15(7-5-13)21-24-23-20(28-21)14(2)27-19(25)11-8-16-12-17(22)9-10-18(16)26-3/h4-12,14H,1-3H3/b11-8+. The van der Waals surface area contributed by atoms with Gasteiger partial charge in [0.25, 0.3) is 5.89 Å². The van der Waals surface area contributed by atoms with Crippen LogP contribution in [0.4, 0.5) is 0 Å². The Bertz CT molecular complexity index is 996. The van der Waals surface area contributed by atoms with Crippen LogP contribution in [0.2, 0.25) is 0 Å². The van der Waals surface area contributed by atoms with Gasteiger partial charge in [-0.25, -0.2) is 4.79 Å². The molecule has 0 saturated carbocycles. The molecule has 0 bridgehead atoms. The number of hydrogen-bond donors (Lipinski definition) is 0. The van der Waals surface area contributed by atoms with Crippen molar-refractivity contribution in [3.05, 3.63) is 70.0 Å². The zero-order chi connectivity index (χ0) is 20.1. The molecular weight excluding hydrogens is 424 g/mol. The fraction of sp³-hybridized carbons (Fsp3) is 0.190. The van der Waals surface area contributed by atoms with Crippen LogP contribution >= 0.6 is 15.9 Å². The lowest BCUT2D eigenvalue weighted by molar-refractivity contribution is -0.143. The molecule has 144 valence electrons. The van der Waals surface area contributed by atoms with Crippen LogP contribution in [0.15, 0.2) is 57.4 Å². The quantitative estimate of drug-likeness (QED) is 0.388. The van der Waals surface area contributed by atoms with Gasteiger partial charge in [-0.05, 0) is 50.3 Å². The number of carbonyl (C=O) groups excluding carboxylic acids is 1. The highest BCUT2D eigenvalue weighted by Crippen LogP contribution is 2.25. The molecule has 1 atom stereocenters. The summed E-state index contributed by atoms with van der Waals surface area (Å²) < 4.78 is 17.1. The van der Waals surface area contributed by atoms with Crippen LogP contribution in [-0.2, 0) is 9.53 Å². The van der Waals surface area contributed by atoms with Gasteiger partial charge in [-0.1, -0.05) is 33.6 Å². The summed E-state index contributed by atoms with van der Waals surface area (Å²) in [6.45, 7) is 3.68. The summed E-state index contributed by atoms with van der Waals surface area (Å²) in [6, 6.07) is 13.2. The van der Waals surface area contributed by atoms with Crippen LogP contribution < -0.4 is 4.74 Å². The third-order valence-corrected chi connectivity index (χ3v) is 4.46. The number of aromatic nitrogens is 2. The minimum atomic E-state index is -0.673. The van der Waals surface area contributed by atoms with Gasteiger partial charge < -0.3 is 13.9 Å². The van der Waals surface area contributed by atoms with Gasteiger partial charge in [-0.3, -0.25) is 0 Å². The molecule has 1 heterocycles. The zero-order valence-corrected chi connectivity index (χ0v) is 17.3. The van der Waals surface area contributed by atoms with Crippen LogP contribution in [0.25, 0.3) is 17.5 Å². The normalized spacial score (nSPS) is 12.1. The number of rotatable bonds is 6. The van der Waals surface area contributed by atoms with E-state index >= 15 is 0 Å². The number of hydrogen-bond acceptors (Lipinski definition) is 6. The number of nitrogens with zero attached hydrogens (tertiary/aromatic N) is 2. The molecule has 0 aliphatic rings. The van der Waals surface area contributed by atoms with Crippen LogP contribution in [0, 0.1) is 6.92 Å². The van der Waals surface area contributed by atoms with Gasteiger partial charge in [-0.15, -0.1) is 10.2 Å². The molecule has 0 radical (unpaired) electrons. The molecular formula is C21H19BrN2O4. The van der Waals surface area contributed by atoms with E-state index in [-0.39, 0.29) is 5.89 Å². The maximum absolute atomic E-state index is 12.1. The molecule has 0 spiro atoms. The number of aryl methyl sites for hydroxylation is 1. The van der Waals surface area contributed by atoms with Crippen molar-refractivity contribution in [2.75, 3.05) is 7.11 Å². The molecule has 1 aromatic heterocycles. The number of ether oxygens (including phenoxy) is 2. The number of halogens is 1. The average molecular weight is 443 g/mol. The molecule has 0 amide bonds. The fourth-order valence-corrected chi connectivity index (χ4v) is 2.85. The Morgan fingerprint density at radius 1 is 1.18 bits per heavy atom. The summed E-state index contributed by atoms with van der Waals surface area (Å²) >= 11 is 3.40. The summed E-state index contributed by atoms with van der Waals surface area (Å²) in [5.41, 5.74) is 2.70. The second-order valence-electron chi connectivity index (χ2n) is 6.11. The Hall–Kier alpha value is -2.93. The Morgan fingerprint density at radius 3 is 2.64 bits per heavy atom. The Balaban J connectivity index is 1.66. The molecule has 0 aliphatic heterocycles. The largest absolute Gasteiger partial charge is 0.496 e. The Kier molecular flexibility index (Phi) is 6.26. The fourth-order valence-electron chi connectivity index (χ4n) is 2.47. The smallest absolute Gasteiger partial charge is 0.331 e. The van der Waals surface area contributed by atoms with Crippen molar-refractivity contribution in [2.45, 2.75) is 20.0 Å². The molecule has 0 N–H and O–H groups in total. The Labute approximate surface area is 171 Å². The van der Waals surface area contributed by atoms with Crippen molar-refractivity contribution < 1.29 is 18.7 Å². The van der Waals surface area contributed by atoms with Gasteiger partial charge in [0.15, 0.2) is 6.10 Å². The van der Waals surface area contributed by atoms with E-state index in [2.05, 4.69) is 26.1 Å². The SMILES string of the molecule is COc1ccc(Br)cc1/C=C/C(=O)OC(C)c1nnc(-c2ccc(C)cc2)o1. The second kappa shape index (κ2) is 8.84. The lowest BCUT2D eigenvalue weighted by atomic mass is 10.1. The summed E-state index contributed by atoms with van der Waals surface area (Å²) in [6.07, 6.45) is 2.29. The summed E-state index contributed by atoms with van der Waals surface area (Å²) in [5, 5.41) is 8.00. The van der Waals surface area contributed by atoms with Gasteiger partial charge >= 0.3 is 5.97 Å². The molecule has 3 aromatic rings. The first-order valence-corrected chi connectivity index (χ1v) is 9.38. The van der Waals surface area contributed by atoms with Gasteiger partial charge in [0, 0.05) is 21.7 Å². The average Bonchev–Trinajstić information content (AvgIpc) is 3.17. The van der Waals surface area contributed by atoms with E-state index in [0.29, 0.717) is 11.6 Å². The number of benzene rings is 2. The van der Waals surface area contributed by atoms with E-state index < -0.39 is 12.1 Å². The van der Waals surface area contributed by atoms with Crippen molar-refractivity contribution in [1.29, 1.82) is 0 Å². The van der Waals surface area contributed by atoms with Gasteiger partial charge in [0.05, 0.1) is 7.11 Å². The van der Waals surface area contributed by atoms with Gasteiger partial charge in [0.1, 0.15) is 5.75 Å². The molecule has 28 heavy (non-hydrogen) atoms. The van der Waals surface area contributed by atoms with E-state index in [1.54, 1.807) is 20.1 Å². The third kappa shape index (κ3) is 4.86. The number of carbonyl (C=O) groups is 1. The highest BCUT2D eigenvalue weighted by Gasteiger charge is 2.18. The lowest BCUT2D eigenvalue weighted by Gasteiger charge is -2.07. The van der Waals surface area contributed by atoms with Gasteiger partial charge in [0.2, 0.25) is 5.89 Å². The molecule has 3 rings (SSSR count). The van der Waals surface area contributed by atoms with Crippen molar-refractivity contribution in [1.82, 2.24) is 10.2 Å². The van der Waals surface area contributed by atoms with E-state index in [9.17, 15) is 4.79 Å². The van der Waals surface area contributed by atoms with E-state index in [1.807, 2.05) is 49.4 Å². The maximum atomic E-state index is 12.1. The first kappa shape index (κ1) is 19.8.